The van der Waals surface area contributed by atoms with Gasteiger partial charge in [-0.1, -0.05) is 11.6 Å². The highest BCUT2D eigenvalue weighted by Crippen LogP contribution is 2.21. The van der Waals surface area contributed by atoms with Gasteiger partial charge in [-0.15, -0.1) is 0 Å². The molecule has 0 saturated carbocycles. The Morgan fingerprint density at radius 1 is 1.56 bits per heavy atom. The Bertz CT molecular complexity index is 397. The fourth-order valence-corrected chi connectivity index (χ4v) is 2.52. The molecule has 2 rings (SSSR count). The zero-order valence-corrected chi connectivity index (χ0v) is 10.9. The summed E-state index contributed by atoms with van der Waals surface area (Å²) in [6.45, 7) is 0.813. The standard InChI is InChI=1S/C13H18ClFN2O/c14-10-3-4-13(15)9(6-10)7-11(17-16)8-12-2-1-5-18-12/h3-4,6,11-12,17H,1-2,5,7-8,16H2. The molecule has 0 bridgehead atoms. The summed E-state index contributed by atoms with van der Waals surface area (Å²) in [5.41, 5.74) is 3.32. The van der Waals surface area contributed by atoms with Gasteiger partial charge in [0.15, 0.2) is 0 Å². The third kappa shape index (κ3) is 3.65. The van der Waals surface area contributed by atoms with Gasteiger partial charge in [0, 0.05) is 17.7 Å². The minimum Gasteiger partial charge on any atom is -0.378 e. The summed E-state index contributed by atoms with van der Waals surface area (Å²) in [6, 6.07) is 4.58. The molecule has 100 valence electrons. The summed E-state index contributed by atoms with van der Waals surface area (Å²) in [6.07, 6.45) is 3.68. The molecular formula is C13H18ClFN2O. The van der Waals surface area contributed by atoms with Crippen molar-refractivity contribution < 1.29 is 9.13 Å². The van der Waals surface area contributed by atoms with E-state index in [0.717, 1.165) is 25.9 Å². The van der Waals surface area contributed by atoms with Crippen LogP contribution in [0.1, 0.15) is 24.8 Å². The number of rotatable bonds is 5. The van der Waals surface area contributed by atoms with Crippen LogP contribution in [0, 0.1) is 5.82 Å². The van der Waals surface area contributed by atoms with E-state index in [1.165, 1.54) is 6.07 Å². The third-order valence-electron chi connectivity index (χ3n) is 3.28. The highest BCUT2D eigenvalue weighted by molar-refractivity contribution is 6.30. The molecular weight excluding hydrogens is 255 g/mol. The van der Waals surface area contributed by atoms with Gasteiger partial charge in [0.05, 0.1) is 6.10 Å². The normalized spacial score (nSPS) is 21.2. The van der Waals surface area contributed by atoms with E-state index in [1.807, 2.05) is 0 Å². The van der Waals surface area contributed by atoms with E-state index in [9.17, 15) is 4.39 Å². The quantitative estimate of drug-likeness (QED) is 0.639. The topological polar surface area (TPSA) is 47.3 Å². The smallest absolute Gasteiger partial charge is 0.126 e. The van der Waals surface area contributed by atoms with Gasteiger partial charge in [-0.2, -0.15) is 0 Å². The van der Waals surface area contributed by atoms with Crippen LogP contribution in [-0.4, -0.2) is 18.8 Å². The third-order valence-corrected chi connectivity index (χ3v) is 3.52. The van der Waals surface area contributed by atoms with Crippen LogP contribution >= 0.6 is 11.6 Å². The van der Waals surface area contributed by atoms with E-state index in [4.69, 9.17) is 22.2 Å². The van der Waals surface area contributed by atoms with E-state index < -0.39 is 0 Å². The first kappa shape index (κ1) is 13.7. The zero-order chi connectivity index (χ0) is 13.0. The fourth-order valence-electron chi connectivity index (χ4n) is 2.32. The van der Waals surface area contributed by atoms with Crippen molar-refractivity contribution in [3.63, 3.8) is 0 Å². The van der Waals surface area contributed by atoms with Gasteiger partial charge < -0.3 is 4.74 Å². The van der Waals surface area contributed by atoms with Crippen molar-refractivity contribution in [2.24, 2.45) is 5.84 Å². The van der Waals surface area contributed by atoms with Crippen LogP contribution in [0.5, 0.6) is 0 Å². The van der Waals surface area contributed by atoms with Gasteiger partial charge >= 0.3 is 0 Å². The van der Waals surface area contributed by atoms with E-state index in [2.05, 4.69) is 5.43 Å². The summed E-state index contributed by atoms with van der Waals surface area (Å²) in [5.74, 6) is 5.28. The molecule has 1 aromatic carbocycles. The van der Waals surface area contributed by atoms with Crippen molar-refractivity contribution in [3.05, 3.63) is 34.6 Å². The maximum Gasteiger partial charge on any atom is 0.126 e. The Kier molecular flexibility index (Phi) is 4.95. The van der Waals surface area contributed by atoms with Crippen LogP contribution in [0.3, 0.4) is 0 Å². The summed E-state index contributed by atoms with van der Waals surface area (Å²) in [7, 11) is 0. The number of hydrazine groups is 1. The van der Waals surface area contributed by atoms with Crippen molar-refractivity contribution >= 4 is 11.6 Å². The molecule has 1 heterocycles. The number of benzene rings is 1. The molecule has 0 spiro atoms. The lowest BCUT2D eigenvalue weighted by atomic mass is 9.99. The number of hydrogen-bond donors (Lipinski definition) is 2. The molecule has 1 aromatic rings. The van der Waals surface area contributed by atoms with Crippen molar-refractivity contribution in [1.29, 1.82) is 0 Å². The predicted octanol–water partition coefficient (Wildman–Crippen LogP) is 2.42. The number of hydrogen-bond acceptors (Lipinski definition) is 3. The average Bonchev–Trinajstić information content (AvgIpc) is 2.85. The molecule has 1 aliphatic rings. The summed E-state index contributed by atoms with van der Waals surface area (Å²) in [5, 5.41) is 0.541. The lowest BCUT2D eigenvalue weighted by Crippen LogP contribution is -2.39. The SMILES string of the molecule is NNC(Cc1cc(Cl)ccc1F)CC1CCCO1. The van der Waals surface area contributed by atoms with Crippen molar-refractivity contribution in [2.75, 3.05) is 6.61 Å². The lowest BCUT2D eigenvalue weighted by Gasteiger charge is -2.19. The molecule has 2 unspecified atom stereocenters. The second-order valence-corrected chi connectivity index (χ2v) is 5.11. The Hall–Kier alpha value is -0.680. The first-order valence-corrected chi connectivity index (χ1v) is 6.58. The Morgan fingerprint density at radius 3 is 3.06 bits per heavy atom. The Labute approximate surface area is 111 Å². The molecule has 0 aliphatic carbocycles. The molecule has 2 atom stereocenters. The first-order valence-electron chi connectivity index (χ1n) is 6.20. The van der Waals surface area contributed by atoms with Crippen molar-refractivity contribution in [2.45, 2.75) is 37.8 Å². The molecule has 3 N–H and O–H groups in total. The van der Waals surface area contributed by atoms with Crippen LogP contribution in [0.2, 0.25) is 5.02 Å². The van der Waals surface area contributed by atoms with Crippen LogP contribution in [0.25, 0.3) is 0 Å². The second kappa shape index (κ2) is 6.48. The minimum atomic E-state index is -0.244. The molecule has 0 radical (unpaired) electrons. The van der Waals surface area contributed by atoms with Crippen molar-refractivity contribution in [3.8, 4) is 0 Å². The molecule has 1 aliphatic heterocycles. The maximum absolute atomic E-state index is 13.6. The summed E-state index contributed by atoms with van der Waals surface area (Å²) < 4.78 is 19.2. The molecule has 1 saturated heterocycles. The zero-order valence-electron chi connectivity index (χ0n) is 10.2. The number of nitrogens with two attached hydrogens (primary N) is 1. The van der Waals surface area contributed by atoms with Crippen LogP contribution in [0.15, 0.2) is 18.2 Å². The number of nitrogens with one attached hydrogen (secondary N) is 1. The molecule has 0 aromatic heterocycles. The highest BCUT2D eigenvalue weighted by atomic mass is 35.5. The van der Waals surface area contributed by atoms with Gasteiger partial charge in [-0.05, 0) is 49.4 Å². The van der Waals surface area contributed by atoms with Gasteiger partial charge in [-0.3, -0.25) is 11.3 Å². The lowest BCUT2D eigenvalue weighted by molar-refractivity contribution is 0.0945. The van der Waals surface area contributed by atoms with E-state index in [0.29, 0.717) is 17.0 Å². The summed E-state index contributed by atoms with van der Waals surface area (Å²) in [4.78, 5) is 0. The fraction of sp³-hybridized carbons (Fsp3) is 0.538. The van der Waals surface area contributed by atoms with Gasteiger partial charge in [0.1, 0.15) is 5.82 Å². The molecule has 3 nitrogen and oxygen atoms in total. The average molecular weight is 273 g/mol. The Morgan fingerprint density at radius 2 is 2.39 bits per heavy atom. The second-order valence-electron chi connectivity index (χ2n) is 4.67. The number of halogens is 2. The van der Waals surface area contributed by atoms with E-state index in [1.54, 1.807) is 12.1 Å². The van der Waals surface area contributed by atoms with Gasteiger partial charge in [0.25, 0.3) is 0 Å². The van der Waals surface area contributed by atoms with Gasteiger partial charge in [-0.25, -0.2) is 4.39 Å². The molecule has 1 fully saturated rings. The van der Waals surface area contributed by atoms with Crippen LogP contribution in [-0.2, 0) is 11.2 Å². The highest BCUT2D eigenvalue weighted by Gasteiger charge is 2.21. The minimum absolute atomic E-state index is 0.000988. The van der Waals surface area contributed by atoms with Crippen LogP contribution < -0.4 is 11.3 Å². The van der Waals surface area contributed by atoms with E-state index >= 15 is 0 Å². The van der Waals surface area contributed by atoms with Crippen LogP contribution in [0.4, 0.5) is 4.39 Å². The van der Waals surface area contributed by atoms with E-state index in [-0.39, 0.29) is 18.0 Å². The predicted molar refractivity (Wildman–Crippen MR) is 69.8 cm³/mol. The first-order chi connectivity index (χ1) is 8.69. The monoisotopic (exact) mass is 272 g/mol. The molecule has 18 heavy (non-hydrogen) atoms. The van der Waals surface area contributed by atoms with Gasteiger partial charge in [0.2, 0.25) is 0 Å². The molecule has 5 heteroatoms. The number of ether oxygens (including phenoxy) is 1. The maximum atomic E-state index is 13.6. The Balaban J connectivity index is 1.98. The van der Waals surface area contributed by atoms with Crippen molar-refractivity contribution in [1.82, 2.24) is 5.43 Å². The molecule has 0 amide bonds. The largest absolute Gasteiger partial charge is 0.378 e. The summed E-state index contributed by atoms with van der Waals surface area (Å²) >= 11 is 5.87.